The van der Waals surface area contributed by atoms with Crippen LogP contribution in [0.5, 0.6) is 0 Å². The summed E-state index contributed by atoms with van der Waals surface area (Å²) >= 11 is 0. The number of anilines is 1. The van der Waals surface area contributed by atoms with Gasteiger partial charge in [-0.3, -0.25) is 9.69 Å². The summed E-state index contributed by atoms with van der Waals surface area (Å²) in [7, 11) is -3.58. The van der Waals surface area contributed by atoms with E-state index in [1.165, 1.54) is 18.2 Å². The fourth-order valence-corrected chi connectivity index (χ4v) is 3.36. The Morgan fingerprint density at radius 1 is 1.33 bits per heavy atom. The van der Waals surface area contributed by atoms with Gasteiger partial charge in [-0.1, -0.05) is 12.1 Å². The van der Waals surface area contributed by atoms with Crippen molar-refractivity contribution in [3.63, 3.8) is 0 Å². The van der Waals surface area contributed by atoms with Gasteiger partial charge in [0.05, 0.1) is 11.8 Å². The average Bonchev–Trinajstić information content (AvgIpc) is 2.68. The van der Waals surface area contributed by atoms with Crippen molar-refractivity contribution in [2.24, 2.45) is 0 Å². The molecule has 0 saturated heterocycles. The lowest BCUT2D eigenvalue weighted by molar-refractivity contribution is -0.170. The smallest absolute Gasteiger partial charge is 0.297 e. The Bertz CT molecular complexity index is 695. The minimum Gasteiger partial charge on any atom is -0.297 e. The number of aryl methyl sites for hydroxylation is 1. The topological polar surface area (TPSA) is 54.5 Å². The SMILES string of the molecule is Cc1cccc(N(C(=O)C(F)(F)F)[C@@H]2C=CS(=O)(=O)C2)c1. The lowest BCUT2D eigenvalue weighted by Crippen LogP contribution is -2.47. The predicted octanol–water partition coefficient (Wildman–Crippen LogP) is 2.20. The molecule has 8 heteroatoms. The molecule has 1 aromatic carbocycles. The molecule has 0 fully saturated rings. The molecule has 1 amide bonds. The molecule has 0 N–H and O–H groups in total. The van der Waals surface area contributed by atoms with E-state index >= 15 is 0 Å². The fourth-order valence-electron chi connectivity index (χ4n) is 2.09. The molecule has 1 aliphatic heterocycles. The van der Waals surface area contributed by atoms with Gasteiger partial charge in [-0.2, -0.15) is 13.2 Å². The molecule has 0 radical (unpaired) electrons. The van der Waals surface area contributed by atoms with E-state index in [-0.39, 0.29) is 5.69 Å². The van der Waals surface area contributed by atoms with Crippen molar-refractivity contribution in [2.45, 2.75) is 19.1 Å². The second-order valence-electron chi connectivity index (χ2n) is 4.74. The first-order chi connectivity index (χ1) is 9.60. The molecule has 114 valence electrons. The van der Waals surface area contributed by atoms with Gasteiger partial charge in [0.1, 0.15) is 0 Å². The highest BCUT2D eigenvalue weighted by Gasteiger charge is 2.46. The van der Waals surface area contributed by atoms with E-state index in [2.05, 4.69) is 0 Å². The number of amides is 1. The molecular weight excluding hydrogens is 307 g/mol. The van der Waals surface area contributed by atoms with E-state index in [1.54, 1.807) is 13.0 Å². The third-order valence-corrected chi connectivity index (χ3v) is 4.36. The lowest BCUT2D eigenvalue weighted by Gasteiger charge is -2.28. The fraction of sp³-hybridized carbons (Fsp3) is 0.308. The van der Waals surface area contributed by atoms with Crippen LogP contribution in [0, 0.1) is 6.92 Å². The standard InChI is InChI=1S/C13H12F3NO3S/c1-9-3-2-4-10(7-9)17(12(18)13(14,15)16)11-5-6-21(19,20)8-11/h2-7,11H,8H2,1H3/t11-/m1/s1. The summed E-state index contributed by atoms with van der Waals surface area (Å²) in [5.41, 5.74) is 0.682. The number of hydrogen-bond donors (Lipinski definition) is 0. The minimum atomic E-state index is -5.08. The van der Waals surface area contributed by atoms with Gasteiger partial charge in [0.15, 0.2) is 9.84 Å². The summed E-state index contributed by atoms with van der Waals surface area (Å²) in [6.45, 7) is 1.67. The molecule has 4 nitrogen and oxygen atoms in total. The number of hydrogen-bond acceptors (Lipinski definition) is 3. The summed E-state index contributed by atoms with van der Waals surface area (Å²) in [4.78, 5) is 12.1. The second-order valence-corrected chi connectivity index (χ2v) is 6.67. The van der Waals surface area contributed by atoms with Crippen LogP contribution >= 0.6 is 0 Å². The largest absolute Gasteiger partial charge is 0.471 e. The summed E-state index contributed by atoms with van der Waals surface area (Å²) < 4.78 is 61.1. The zero-order valence-corrected chi connectivity index (χ0v) is 11.8. The van der Waals surface area contributed by atoms with E-state index in [4.69, 9.17) is 0 Å². The van der Waals surface area contributed by atoms with E-state index in [9.17, 15) is 26.4 Å². The molecule has 0 aliphatic carbocycles. The van der Waals surface area contributed by atoms with Crippen LogP contribution < -0.4 is 4.90 Å². The van der Waals surface area contributed by atoms with Gasteiger partial charge < -0.3 is 0 Å². The number of carbonyl (C=O) groups excluding carboxylic acids is 1. The molecule has 0 bridgehead atoms. The van der Waals surface area contributed by atoms with Gasteiger partial charge in [0.2, 0.25) is 0 Å². The molecule has 1 heterocycles. The van der Waals surface area contributed by atoms with Gasteiger partial charge in [-0.25, -0.2) is 8.42 Å². The van der Waals surface area contributed by atoms with Gasteiger partial charge in [0.25, 0.3) is 0 Å². The molecule has 0 aromatic heterocycles. The van der Waals surface area contributed by atoms with Crippen LogP contribution in [-0.2, 0) is 14.6 Å². The van der Waals surface area contributed by atoms with Crippen LogP contribution in [-0.4, -0.2) is 32.3 Å². The Hall–Kier alpha value is -1.83. The Kier molecular flexibility index (Phi) is 3.83. The van der Waals surface area contributed by atoms with E-state index in [1.807, 2.05) is 0 Å². The minimum absolute atomic E-state index is 0.0177. The number of nitrogens with zero attached hydrogens (tertiary/aromatic N) is 1. The van der Waals surface area contributed by atoms with Crippen LogP contribution in [0.1, 0.15) is 5.56 Å². The highest BCUT2D eigenvalue weighted by atomic mass is 32.2. The van der Waals surface area contributed by atoms with Crippen LogP contribution in [0.4, 0.5) is 18.9 Å². The third-order valence-electron chi connectivity index (χ3n) is 2.98. The van der Waals surface area contributed by atoms with Crippen molar-refractivity contribution in [1.29, 1.82) is 0 Å². The van der Waals surface area contributed by atoms with Crippen LogP contribution in [0.3, 0.4) is 0 Å². The highest BCUT2D eigenvalue weighted by molar-refractivity contribution is 7.94. The zero-order valence-electron chi connectivity index (χ0n) is 11.0. The van der Waals surface area contributed by atoms with Crippen molar-refractivity contribution < 1.29 is 26.4 Å². The van der Waals surface area contributed by atoms with Crippen molar-refractivity contribution in [1.82, 2.24) is 0 Å². The maximum atomic E-state index is 12.8. The second kappa shape index (κ2) is 5.18. The number of sulfone groups is 1. The molecule has 21 heavy (non-hydrogen) atoms. The summed E-state index contributed by atoms with van der Waals surface area (Å²) in [5, 5.41) is 0.837. The first-order valence-corrected chi connectivity index (χ1v) is 7.70. The van der Waals surface area contributed by atoms with Crippen molar-refractivity contribution in [3.8, 4) is 0 Å². The number of halogens is 3. The van der Waals surface area contributed by atoms with Crippen LogP contribution in [0.15, 0.2) is 35.7 Å². The van der Waals surface area contributed by atoms with Crippen LogP contribution in [0.2, 0.25) is 0 Å². The number of rotatable bonds is 2. The normalized spacial score (nSPS) is 20.5. The molecular formula is C13H12F3NO3S. The first kappa shape index (κ1) is 15.6. The molecule has 0 unspecified atom stereocenters. The van der Waals surface area contributed by atoms with Gasteiger partial charge in [-0.05, 0) is 30.7 Å². The average molecular weight is 319 g/mol. The Balaban J connectivity index is 2.46. The lowest BCUT2D eigenvalue weighted by atomic mass is 10.1. The maximum Gasteiger partial charge on any atom is 0.471 e. The van der Waals surface area contributed by atoms with Crippen molar-refractivity contribution in [2.75, 3.05) is 10.7 Å². The summed E-state index contributed by atoms with van der Waals surface area (Å²) in [5.74, 6) is -2.64. The summed E-state index contributed by atoms with van der Waals surface area (Å²) in [6.07, 6.45) is -3.98. The molecule has 1 atom stereocenters. The molecule has 1 aromatic rings. The third kappa shape index (κ3) is 3.44. The monoisotopic (exact) mass is 319 g/mol. The number of alkyl halides is 3. The number of benzene rings is 1. The quantitative estimate of drug-likeness (QED) is 0.840. The van der Waals surface area contributed by atoms with E-state index < -0.39 is 33.7 Å². The van der Waals surface area contributed by atoms with Gasteiger partial charge in [-0.15, -0.1) is 0 Å². The van der Waals surface area contributed by atoms with E-state index in [0.717, 1.165) is 11.5 Å². The Labute approximate surface area is 119 Å². The van der Waals surface area contributed by atoms with Gasteiger partial charge in [0, 0.05) is 11.1 Å². The first-order valence-electron chi connectivity index (χ1n) is 5.98. The highest BCUT2D eigenvalue weighted by Crippen LogP contribution is 2.29. The Morgan fingerprint density at radius 3 is 2.48 bits per heavy atom. The predicted molar refractivity (Wildman–Crippen MR) is 71.4 cm³/mol. The maximum absolute atomic E-state index is 12.8. The Morgan fingerprint density at radius 2 is 2.00 bits per heavy atom. The molecule has 2 rings (SSSR count). The molecule has 0 spiro atoms. The van der Waals surface area contributed by atoms with E-state index in [0.29, 0.717) is 10.5 Å². The van der Waals surface area contributed by atoms with Crippen molar-refractivity contribution in [3.05, 3.63) is 41.3 Å². The van der Waals surface area contributed by atoms with Crippen LogP contribution in [0.25, 0.3) is 0 Å². The van der Waals surface area contributed by atoms with Crippen molar-refractivity contribution >= 4 is 21.4 Å². The molecule has 1 aliphatic rings. The summed E-state index contributed by atoms with van der Waals surface area (Å²) in [6, 6.07) is 4.76. The zero-order chi connectivity index (χ0) is 15.8. The number of carbonyl (C=O) groups is 1. The van der Waals surface area contributed by atoms with Gasteiger partial charge >= 0.3 is 12.1 Å². The molecule has 0 saturated carbocycles.